The second kappa shape index (κ2) is 6.19. The summed E-state index contributed by atoms with van der Waals surface area (Å²) in [6.45, 7) is 0.673. The zero-order chi connectivity index (χ0) is 19.4. The zero-order valence-electron chi connectivity index (χ0n) is 15.5. The van der Waals surface area contributed by atoms with Crippen molar-refractivity contribution in [1.29, 1.82) is 0 Å². The number of H-pyrrole nitrogens is 1. The molecule has 0 saturated carbocycles. The smallest absolute Gasteiger partial charge is 0.306 e. The molecule has 142 valence electrons. The largest absolute Gasteiger partial charge is 0.481 e. The fraction of sp³-hybridized carbons (Fsp3) is 0.273. The van der Waals surface area contributed by atoms with Crippen LogP contribution in [0.15, 0.2) is 36.5 Å². The maximum atomic E-state index is 14.0. The van der Waals surface area contributed by atoms with Crippen LogP contribution in [0, 0.1) is 11.7 Å². The quantitative estimate of drug-likeness (QED) is 0.685. The number of aliphatic carboxylic acids is 1. The SMILES string of the molecule is CN1Cc2c(C3=CCC(C(=O)O)CC3)[nH]c3nccc(c23)-c2cc(F)ccc21. The highest BCUT2D eigenvalue weighted by Crippen LogP contribution is 2.43. The van der Waals surface area contributed by atoms with Crippen LogP contribution in [-0.4, -0.2) is 28.1 Å². The van der Waals surface area contributed by atoms with Gasteiger partial charge in [-0.05, 0) is 54.7 Å². The summed E-state index contributed by atoms with van der Waals surface area (Å²) in [4.78, 5) is 21.4. The van der Waals surface area contributed by atoms with Gasteiger partial charge >= 0.3 is 5.97 Å². The Morgan fingerprint density at radius 3 is 2.93 bits per heavy atom. The van der Waals surface area contributed by atoms with Crippen molar-refractivity contribution < 1.29 is 14.3 Å². The van der Waals surface area contributed by atoms with Crippen molar-refractivity contribution in [2.24, 2.45) is 5.92 Å². The normalized spacial score (nSPS) is 18.6. The van der Waals surface area contributed by atoms with Crippen molar-refractivity contribution >= 4 is 28.3 Å². The van der Waals surface area contributed by atoms with E-state index in [-0.39, 0.29) is 11.7 Å². The number of carboxylic acid groups (broad SMARTS) is 1. The highest BCUT2D eigenvalue weighted by Gasteiger charge is 2.28. The van der Waals surface area contributed by atoms with Gasteiger partial charge in [-0.1, -0.05) is 6.08 Å². The maximum Gasteiger partial charge on any atom is 0.306 e. The minimum Gasteiger partial charge on any atom is -0.481 e. The summed E-state index contributed by atoms with van der Waals surface area (Å²) in [5.74, 6) is -1.30. The van der Waals surface area contributed by atoms with Crippen LogP contribution < -0.4 is 4.90 Å². The molecule has 1 aliphatic heterocycles. The van der Waals surface area contributed by atoms with E-state index in [0.29, 0.717) is 19.4 Å². The van der Waals surface area contributed by atoms with Gasteiger partial charge in [-0.2, -0.15) is 0 Å². The second-order valence-corrected chi connectivity index (χ2v) is 7.62. The molecule has 28 heavy (non-hydrogen) atoms. The molecular weight excluding hydrogens is 357 g/mol. The summed E-state index contributed by atoms with van der Waals surface area (Å²) >= 11 is 0. The molecule has 5 nitrogen and oxygen atoms in total. The summed E-state index contributed by atoms with van der Waals surface area (Å²) in [5, 5.41) is 10.3. The highest BCUT2D eigenvalue weighted by molar-refractivity contribution is 6.02. The Bertz CT molecular complexity index is 1150. The number of aromatic nitrogens is 2. The molecule has 1 unspecified atom stereocenters. The minimum absolute atomic E-state index is 0.258. The molecular formula is C22H20FN3O2. The lowest BCUT2D eigenvalue weighted by atomic mass is 9.87. The van der Waals surface area contributed by atoms with Gasteiger partial charge in [0, 0.05) is 47.7 Å². The van der Waals surface area contributed by atoms with Gasteiger partial charge in [0.15, 0.2) is 0 Å². The molecule has 0 saturated heterocycles. The molecule has 0 radical (unpaired) electrons. The summed E-state index contributed by atoms with van der Waals surface area (Å²) in [6.07, 6.45) is 5.69. The maximum absolute atomic E-state index is 14.0. The molecule has 2 aliphatic rings. The number of hydrogen-bond donors (Lipinski definition) is 2. The summed E-state index contributed by atoms with van der Waals surface area (Å²) < 4.78 is 14.0. The number of hydrogen-bond acceptors (Lipinski definition) is 3. The van der Waals surface area contributed by atoms with Crippen LogP contribution in [-0.2, 0) is 11.3 Å². The molecule has 3 heterocycles. The third kappa shape index (κ3) is 2.52. The first kappa shape index (κ1) is 17.0. The van der Waals surface area contributed by atoms with E-state index in [1.807, 2.05) is 25.3 Å². The molecule has 6 heteroatoms. The fourth-order valence-electron chi connectivity index (χ4n) is 4.50. The summed E-state index contributed by atoms with van der Waals surface area (Å²) in [6, 6.07) is 6.84. The number of fused-ring (bicyclic) bond motifs is 2. The number of nitrogens with zero attached hydrogens (tertiary/aromatic N) is 2. The highest BCUT2D eigenvalue weighted by atomic mass is 19.1. The molecule has 3 aromatic rings. The van der Waals surface area contributed by atoms with Crippen molar-refractivity contribution in [2.75, 3.05) is 11.9 Å². The topological polar surface area (TPSA) is 69.2 Å². The summed E-state index contributed by atoms with van der Waals surface area (Å²) in [5.41, 5.74) is 6.91. The summed E-state index contributed by atoms with van der Waals surface area (Å²) in [7, 11) is 2.01. The van der Waals surface area contributed by atoms with Crippen molar-refractivity contribution in [3.63, 3.8) is 0 Å². The van der Waals surface area contributed by atoms with Crippen molar-refractivity contribution in [1.82, 2.24) is 9.97 Å². The standard InChI is InChI=1S/C22H20FN3O2/c1-26-11-17-19-15(16-10-14(23)6-7-18(16)26)8-9-24-21(19)25-20(17)12-2-4-13(5-3-12)22(27)28/h2,6-10,13H,3-5,11H2,1H3,(H,24,25)(H,27,28). The number of nitrogens with one attached hydrogen (secondary N) is 1. The average molecular weight is 377 g/mol. The second-order valence-electron chi connectivity index (χ2n) is 7.62. The number of pyridine rings is 1. The molecule has 1 atom stereocenters. The lowest BCUT2D eigenvalue weighted by Gasteiger charge is -2.22. The lowest BCUT2D eigenvalue weighted by Crippen LogP contribution is -2.18. The molecule has 1 aliphatic carbocycles. The first-order valence-corrected chi connectivity index (χ1v) is 9.45. The van der Waals surface area contributed by atoms with E-state index in [2.05, 4.69) is 14.9 Å². The number of halogens is 1. The van der Waals surface area contributed by atoms with E-state index in [4.69, 9.17) is 0 Å². The predicted octanol–water partition coefficient (Wildman–Crippen LogP) is 4.59. The number of anilines is 1. The van der Waals surface area contributed by atoms with Crippen molar-refractivity contribution in [2.45, 2.75) is 25.8 Å². The van der Waals surface area contributed by atoms with Gasteiger partial charge in [-0.15, -0.1) is 0 Å². The number of aromatic amines is 1. The van der Waals surface area contributed by atoms with E-state index in [1.54, 1.807) is 12.3 Å². The Morgan fingerprint density at radius 2 is 2.18 bits per heavy atom. The van der Waals surface area contributed by atoms with E-state index in [1.165, 1.54) is 6.07 Å². The van der Waals surface area contributed by atoms with Crippen LogP contribution in [0.3, 0.4) is 0 Å². The van der Waals surface area contributed by atoms with Gasteiger partial charge in [-0.3, -0.25) is 4.79 Å². The van der Waals surface area contributed by atoms with E-state index < -0.39 is 5.97 Å². The van der Waals surface area contributed by atoms with Crippen LogP contribution in [0.5, 0.6) is 0 Å². The van der Waals surface area contributed by atoms with Gasteiger partial charge in [0.1, 0.15) is 11.5 Å². The molecule has 0 amide bonds. The number of rotatable bonds is 2. The van der Waals surface area contributed by atoms with Gasteiger partial charge in [0.05, 0.1) is 5.92 Å². The van der Waals surface area contributed by atoms with E-state index >= 15 is 0 Å². The molecule has 0 fully saturated rings. The van der Waals surface area contributed by atoms with Crippen LogP contribution in [0.25, 0.3) is 27.7 Å². The van der Waals surface area contributed by atoms with Gasteiger partial charge in [0.2, 0.25) is 0 Å². The molecule has 2 N–H and O–H groups in total. The van der Waals surface area contributed by atoms with Crippen molar-refractivity contribution in [3.05, 3.63) is 53.6 Å². The molecule has 1 aromatic carbocycles. The Morgan fingerprint density at radius 1 is 1.32 bits per heavy atom. The Labute approximate surface area is 161 Å². The predicted molar refractivity (Wildman–Crippen MR) is 107 cm³/mol. The average Bonchev–Trinajstić information content (AvgIpc) is 3.00. The van der Waals surface area contributed by atoms with E-state index in [0.717, 1.165) is 51.1 Å². The number of carbonyl (C=O) groups is 1. The Balaban J connectivity index is 1.70. The lowest BCUT2D eigenvalue weighted by molar-refractivity contribution is -0.141. The zero-order valence-corrected chi connectivity index (χ0v) is 15.5. The first-order chi connectivity index (χ1) is 13.5. The number of allylic oxidation sites excluding steroid dienone is 2. The van der Waals surface area contributed by atoms with Crippen molar-refractivity contribution in [3.8, 4) is 11.1 Å². The fourth-order valence-corrected chi connectivity index (χ4v) is 4.50. The van der Waals surface area contributed by atoms with Crippen LogP contribution in [0.2, 0.25) is 0 Å². The van der Waals surface area contributed by atoms with Crippen LogP contribution >= 0.6 is 0 Å². The Hall–Kier alpha value is -3.15. The molecule has 5 rings (SSSR count). The third-order valence-corrected chi connectivity index (χ3v) is 5.93. The van der Waals surface area contributed by atoms with Crippen LogP contribution in [0.4, 0.5) is 10.1 Å². The van der Waals surface area contributed by atoms with Gasteiger partial charge in [-0.25, -0.2) is 9.37 Å². The first-order valence-electron chi connectivity index (χ1n) is 9.45. The third-order valence-electron chi connectivity index (χ3n) is 5.93. The van der Waals surface area contributed by atoms with Gasteiger partial charge < -0.3 is 15.0 Å². The molecule has 0 spiro atoms. The monoisotopic (exact) mass is 377 g/mol. The number of benzene rings is 1. The molecule has 0 bridgehead atoms. The minimum atomic E-state index is -0.730. The Kier molecular flexibility index (Phi) is 3.75. The van der Waals surface area contributed by atoms with E-state index in [9.17, 15) is 14.3 Å². The number of carboxylic acids is 1. The molecule has 2 aromatic heterocycles. The van der Waals surface area contributed by atoms with Crippen LogP contribution in [0.1, 0.15) is 30.5 Å². The van der Waals surface area contributed by atoms with Gasteiger partial charge in [0.25, 0.3) is 0 Å².